The first kappa shape index (κ1) is 17.5. The van der Waals surface area contributed by atoms with Crippen molar-refractivity contribution in [2.45, 2.75) is 13.1 Å². The number of para-hydroxylation sites is 1. The molecule has 2 amide bonds. The second kappa shape index (κ2) is 8.15. The van der Waals surface area contributed by atoms with E-state index >= 15 is 0 Å². The molecule has 0 unspecified atom stereocenters. The summed E-state index contributed by atoms with van der Waals surface area (Å²) in [5, 5.41) is 5.77. The van der Waals surface area contributed by atoms with Crippen LogP contribution in [0.25, 0.3) is 5.69 Å². The predicted molar refractivity (Wildman–Crippen MR) is 101 cm³/mol. The zero-order chi connectivity index (χ0) is 18.4. The molecular weight excluding hydrogens is 328 g/mol. The molecule has 0 spiro atoms. The number of carbonyl (C=O) groups is 1. The molecular formula is C19H22N6O. The predicted octanol–water partition coefficient (Wildman–Crippen LogP) is 2.33. The van der Waals surface area contributed by atoms with E-state index < -0.39 is 0 Å². The second-order valence-corrected chi connectivity index (χ2v) is 6.05. The van der Waals surface area contributed by atoms with Gasteiger partial charge in [-0.3, -0.25) is 0 Å². The Bertz CT molecular complexity index is 860. The van der Waals surface area contributed by atoms with Crippen molar-refractivity contribution in [1.29, 1.82) is 0 Å². The maximum Gasteiger partial charge on any atom is 0.315 e. The van der Waals surface area contributed by atoms with Gasteiger partial charge in [0.2, 0.25) is 0 Å². The molecule has 7 heteroatoms. The molecule has 7 nitrogen and oxygen atoms in total. The average molecular weight is 350 g/mol. The van der Waals surface area contributed by atoms with E-state index in [2.05, 4.69) is 20.6 Å². The number of benzene rings is 1. The van der Waals surface area contributed by atoms with E-state index in [1.165, 1.54) is 0 Å². The minimum absolute atomic E-state index is 0.214. The molecule has 134 valence electrons. The fraction of sp³-hybridized carbons (Fsp3) is 0.211. The molecule has 26 heavy (non-hydrogen) atoms. The van der Waals surface area contributed by atoms with E-state index in [1.807, 2.05) is 66.2 Å². The summed E-state index contributed by atoms with van der Waals surface area (Å²) in [5.74, 6) is 0.860. The third-order valence-electron chi connectivity index (χ3n) is 3.93. The van der Waals surface area contributed by atoms with Crippen molar-refractivity contribution in [3.8, 4) is 5.69 Å². The van der Waals surface area contributed by atoms with E-state index in [4.69, 9.17) is 0 Å². The first-order chi connectivity index (χ1) is 12.6. The van der Waals surface area contributed by atoms with Crippen LogP contribution in [-0.4, -0.2) is 34.7 Å². The van der Waals surface area contributed by atoms with Gasteiger partial charge < -0.3 is 20.1 Å². The Morgan fingerprint density at radius 3 is 2.69 bits per heavy atom. The van der Waals surface area contributed by atoms with Gasteiger partial charge in [0.15, 0.2) is 0 Å². The molecule has 0 radical (unpaired) electrons. The molecule has 2 heterocycles. The van der Waals surface area contributed by atoms with E-state index in [0.29, 0.717) is 13.1 Å². The van der Waals surface area contributed by atoms with Crippen LogP contribution in [-0.2, 0) is 13.1 Å². The average Bonchev–Trinajstić information content (AvgIpc) is 3.19. The minimum atomic E-state index is -0.214. The van der Waals surface area contributed by atoms with Gasteiger partial charge in [-0.05, 0) is 29.3 Å². The molecule has 2 N–H and O–H groups in total. The molecule has 0 aliphatic carbocycles. The van der Waals surface area contributed by atoms with Crippen molar-refractivity contribution >= 4 is 11.8 Å². The van der Waals surface area contributed by atoms with Gasteiger partial charge in [-0.1, -0.05) is 18.2 Å². The number of nitrogens with zero attached hydrogens (tertiary/aromatic N) is 4. The van der Waals surface area contributed by atoms with Gasteiger partial charge in [-0.15, -0.1) is 0 Å². The Morgan fingerprint density at radius 1 is 1.12 bits per heavy atom. The summed E-state index contributed by atoms with van der Waals surface area (Å²) >= 11 is 0. The van der Waals surface area contributed by atoms with Crippen molar-refractivity contribution in [3.05, 3.63) is 72.4 Å². The lowest BCUT2D eigenvalue weighted by Crippen LogP contribution is -2.34. The van der Waals surface area contributed by atoms with Crippen LogP contribution in [0.15, 0.2) is 61.3 Å². The Morgan fingerprint density at radius 2 is 1.92 bits per heavy atom. The van der Waals surface area contributed by atoms with Crippen molar-refractivity contribution in [3.63, 3.8) is 0 Å². The standard InChI is InChI=1S/C19H22N6O/c1-24(2)18-11-15(7-8-21-18)12-22-19(26)23-13-16-5-3-4-6-17(16)25-10-9-20-14-25/h3-11,14H,12-13H2,1-2H3,(H2,22,23,26). The van der Waals surface area contributed by atoms with Crippen molar-refractivity contribution in [2.24, 2.45) is 0 Å². The molecule has 0 atom stereocenters. The molecule has 0 aliphatic rings. The smallest absolute Gasteiger partial charge is 0.315 e. The first-order valence-electron chi connectivity index (χ1n) is 8.33. The third-order valence-corrected chi connectivity index (χ3v) is 3.93. The lowest BCUT2D eigenvalue weighted by molar-refractivity contribution is 0.240. The highest BCUT2D eigenvalue weighted by Crippen LogP contribution is 2.14. The first-order valence-corrected chi connectivity index (χ1v) is 8.33. The fourth-order valence-corrected chi connectivity index (χ4v) is 2.55. The molecule has 0 aliphatic heterocycles. The molecule has 0 saturated carbocycles. The molecule has 0 fully saturated rings. The quantitative estimate of drug-likeness (QED) is 0.715. The van der Waals surface area contributed by atoms with Crippen LogP contribution in [0, 0.1) is 0 Å². The number of hydrogen-bond donors (Lipinski definition) is 2. The maximum absolute atomic E-state index is 12.1. The molecule has 1 aromatic carbocycles. The number of pyridine rings is 1. The highest BCUT2D eigenvalue weighted by molar-refractivity contribution is 5.74. The van der Waals surface area contributed by atoms with Crippen molar-refractivity contribution in [2.75, 3.05) is 19.0 Å². The van der Waals surface area contributed by atoms with E-state index in [9.17, 15) is 4.79 Å². The number of aromatic nitrogens is 3. The second-order valence-electron chi connectivity index (χ2n) is 6.05. The summed E-state index contributed by atoms with van der Waals surface area (Å²) < 4.78 is 1.93. The van der Waals surface area contributed by atoms with Crippen LogP contribution in [0.4, 0.5) is 10.6 Å². The monoisotopic (exact) mass is 350 g/mol. The lowest BCUT2D eigenvalue weighted by Gasteiger charge is -2.13. The van der Waals surface area contributed by atoms with Gasteiger partial charge in [0.05, 0.1) is 12.0 Å². The van der Waals surface area contributed by atoms with E-state index in [1.54, 1.807) is 18.7 Å². The Balaban J connectivity index is 1.56. The normalized spacial score (nSPS) is 10.4. The number of anilines is 1. The van der Waals surface area contributed by atoms with Crippen LogP contribution >= 0.6 is 0 Å². The van der Waals surface area contributed by atoms with Gasteiger partial charge in [0, 0.05) is 45.8 Å². The van der Waals surface area contributed by atoms with E-state index in [0.717, 1.165) is 22.6 Å². The summed E-state index contributed by atoms with van der Waals surface area (Å²) in [7, 11) is 3.87. The van der Waals surface area contributed by atoms with Gasteiger partial charge >= 0.3 is 6.03 Å². The number of rotatable bonds is 6. The zero-order valence-electron chi connectivity index (χ0n) is 14.9. The number of carbonyl (C=O) groups excluding carboxylic acids is 1. The Kier molecular flexibility index (Phi) is 5.48. The summed E-state index contributed by atoms with van der Waals surface area (Å²) in [6.07, 6.45) is 7.09. The van der Waals surface area contributed by atoms with Gasteiger partial charge in [-0.2, -0.15) is 0 Å². The number of hydrogen-bond acceptors (Lipinski definition) is 4. The Labute approximate surface area is 152 Å². The van der Waals surface area contributed by atoms with Crippen LogP contribution in [0.1, 0.15) is 11.1 Å². The lowest BCUT2D eigenvalue weighted by atomic mass is 10.1. The van der Waals surface area contributed by atoms with Crippen LogP contribution in [0.3, 0.4) is 0 Å². The summed E-state index contributed by atoms with van der Waals surface area (Å²) in [4.78, 5) is 22.4. The van der Waals surface area contributed by atoms with Gasteiger partial charge in [-0.25, -0.2) is 14.8 Å². The molecule has 2 aromatic heterocycles. The molecule has 3 rings (SSSR count). The third kappa shape index (κ3) is 4.38. The van der Waals surface area contributed by atoms with Crippen LogP contribution in [0.2, 0.25) is 0 Å². The summed E-state index contributed by atoms with van der Waals surface area (Å²) in [6, 6.07) is 11.5. The molecule has 3 aromatic rings. The van der Waals surface area contributed by atoms with Gasteiger partial charge in [0.25, 0.3) is 0 Å². The summed E-state index contributed by atoms with van der Waals surface area (Å²) in [6.45, 7) is 0.873. The number of nitrogens with one attached hydrogen (secondary N) is 2. The zero-order valence-corrected chi connectivity index (χ0v) is 14.9. The number of amides is 2. The van der Waals surface area contributed by atoms with Gasteiger partial charge in [0.1, 0.15) is 5.82 Å². The largest absolute Gasteiger partial charge is 0.363 e. The Hall–Kier alpha value is -3.35. The van der Waals surface area contributed by atoms with Crippen molar-refractivity contribution in [1.82, 2.24) is 25.2 Å². The fourth-order valence-electron chi connectivity index (χ4n) is 2.55. The minimum Gasteiger partial charge on any atom is -0.363 e. The number of urea groups is 1. The van der Waals surface area contributed by atoms with Crippen LogP contribution < -0.4 is 15.5 Å². The van der Waals surface area contributed by atoms with E-state index in [-0.39, 0.29) is 6.03 Å². The number of imidazole rings is 1. The topological polar surface area (TPSA) is 75.1 Å². The SMILES string of the molecule is CN(C)c1cc(CNC(=O)NCc2ccccc2-n2ccnc2)ccn1. The highest BCUT2D eigenvalue weighted by atomic mass is 16.2. The highest BCUT2D eigenvalue weighted by Gasteiger charge is 2.06. The molecule has 0 saturated heterocycles. The summed E-state index contributed by atoms with van der Waals surface area (Å²) in [5.41, 5.74) is 3.01. The maximum atomic E-state index is 12.1. The van der Waals surface area contributed by atoms with Crippen LogP contribution in [0.5, 0.6) is 0 Å². The molecule has 0 bridgehead atoms. The van der Waals surface area contributed by atoms with Crippen molar-refractivity contribution < 1.29 is 4.79 Å².